The van der Waals surface area contributed by atoms with Crippen LogP contribution in [-0.2, 0) is 21.5 Å². The highest BCUT2D eigenvalue weighted by molar-refractivity contribution is 7.86. The Morgan fingerprint density at radius 2 is 1.25 bits per heavy atom. The molecule has 0 saturated carbocycles. The van der Waals surface area contributed by atoms with Crippen molar-refractivity contribution in [3.05, 3.63) is 35.4 Å². The molecule has 0 atom stereocenters. The van der Waals surface area contributed by atoms with Gasteiger partial charge in [-0.1, -0.05) is 45.0 Å². The van der Waals surface area contributed by atoms with Gasteiger partial charge >= 0.3 is 11.2 Å². The van der Waals surface area contributed by atoms with Crippen molar-refractivity contribution in [2.75, 3.05) is 0 Å². The molecule has 0 saturated heterocycles. The van der Waals surface area contributed by atoms with Crippen LogP contribution in [0.5, 0.6) is 0 Å². The van der Waals surface area contributed by atoms with Gasteiger partial charge in [-0.2, -0.15) is 17.6 Å². The second-order valence-corrected chi connectivity index (χ2v) is 6.79. The van der Waals surface area contributed by atoms with Crippen LogP contribution in [0.2, 0.25) is 0 Å². The predicted molar refractivity (Wildman–Crippen MR) is 63.7 cm³/mol. The lowest BCUT2D eigenvalue weighted by molar-refractivity contribution is -0.167. The van der Waals surface area contributed by atoms with E-state index in [1.54, 1.807) is 20.8 Å². The predicted octanol–water partition coefficient (Wildman–Crippen LogP) is 3.21. The van der Waals surface area contributed by atoms with Crippen LogP contribution in [-0.4, -0.2) is 18.2 Å². The highest BCUT2D eigenvalue weighted by atomic mass is 32.2. The van der Waals surface area contributed by atoms with Gasteiger partial charge in [-0.05, 0) is 11.0 Å². The summed E-state index contributed by atoms with van der Waals surface area (Å²) >= 11 is 0. The van der Waals surface area contributed by atoms with Crippen molar-refractivity contribution in [1.82, 2.24) is 0 Å². The number of rotatable bonds is 3. The summed E-state index contributed by atoms with van der Waals surface area (Å²) in [6, 6.07) is 3.77. The first-order valence-electron chi connectivity index (χ1n) is 5.53. The first kappa shape index (κ1) is 16.9. The number of hydrogen-bond acceptors (Lipinski definition) is 3. The van der Waals surface area contributed by atoms with Gasteiger partial charge in [0.05, 0.1) is 0 Å². The van der Waals surface area contributed by atoms with Gasteiger partial charge in [0.25, 0.3) is 0 Å². The summed E-state index contributed by atoms with van der Waals surface area (Å²) in [6.45, 7) is 5.37. The van der Waals surface area contributed by atoms with Crippen LogP contribution >= 0.6 is 0 Å². The van der Waals surface area contributed by atoms with E-state index in [9.17, 15) is 30.5 Å². The second kappa shape index (κ2) is 4.70. The van der Waals surface area contributed by atoms with Crippen LogP contribution in [0.1, 0.15) is 31.9 Å². The average molecular weight is 313 g/mol. The molecule has 0 radical (unpaired) electrons. The van der Waals surface area contributed by atoms with Gasteiger partial charge in [-0.3, -0.25) is 0 Å². The van der Waals surface area contributed by atoms with E-state index in [0.29, 0.717) is 17.7 Å². The minimum atomic E-state index is -6.48. The maximum atomic E-state index is 13.5. The standard InChI is InChI=1S/C12H14F4O3S/c1-10(2,3)8-4-6-9(7-5-8)11(13,14)12(15,16)20(17,18)19/h4-7H,1-3H3,(H,17,18,19)/p-1. The van der Waals surface area contributed by atoms with Crippen LogP contribution in [0, 0.1) is 0 Å². The van der Waals surface area contributed by atoms with Gasteiger partial charge in [0.2, 0.25) is 0 Å². The summed E-state index contributed by atoms with van der Waals surface area (Å²) in [4.78, 5) is 0. The first-order valence-corrected chi connectivity index (χ1v) is 6.94. The molecule has 0 bridgehead atoms. The molecule has 1 rings (SSSR count). The van der Waals surface area contributed by atoms with E-state index in [0.717, 1.165) is 0 Å². The molecule has 0 amide bonds. The molecular weight excluding hydrogens is 300 g/mol. The Morgan fingerprint density at radius 3 is 1.55 bits per heavy atom. The number of halogens is 4. The molecule has 8 heteroatoms. The number of hydrogen-bond donors (Lipinski definition) is 0. The molecule has 20 heavy (non-hydrogen) atoms. The highest BCUT2D eigenvalue weighted by Crippen LogP contribution is 2.46. The molecule has 0 fully saturated rings. The van der Waals surface area contributed by atoms with E-state index in [1.165, 1.54) is 12.1 Å². The normalized spacial score (nSPS) is 14.4. The molecule has 0 aliphatic carbocycles. The third kappa shape index (κ3) is 2.80. The van der Waals surface area contributed by atoms with E-state index >= 15 is 0 Å². The summed E-state index contributed by atoms with van der Waals surface area (Å²) in [5, 5.41) is -5.71. The summed E-state index contributed by atoms with van der Waals surface area (Å²) in [5.74, 6) is -5.09. The van der Waals surface area contributed by atoms with E-state index in [4.69, 9.17) is 0 Å². The smallest absolute Gasteiger partial charge is 0.400 e. The molecule has 0 N–H and O–H groups in total. The van der Waals surface area contributed by atoms with Crippen molar-refractivity contribution in [2.45, 2.75) is 37.4 Å². The van der Waals surface area contributed by atoms with Gasteiger partial charge < -0.3 is 4.55 Å². The third-order valence-electron chi connectivity index (χ3n) is 2.79. The zero-order valence-corrected chi connectivity index (χ0v) is 11.8. The first-order chi connectivity index (χ1) is 8.71. The Labute approximate surface area is 114 Å². The van der Waals surface area contributed by atoms with Crippen molar-refractivity contribution >= 4 is 10.1 Å². The fourth-order valence-corrected chi connectivity index (χ4v) is 1.94. The Kier molecular flexibility index (Phi) is 3.97. The second-order valence-electron chi connectivity index (χ2n) is 5.37. The summed E-state index contributed by atoms with van der Waals surface area (Å²) in [6.07, 6.45) is 0. The molecule has 0 aliphatic rings. The topological polar surface area (TPSA) is 57.2 Å². The van der Waals surface area contributed by atoms with Crippen molar-refractivity contribution in [3.63, 3.8) is 0 Å². The van der Waals surface area contributed by atoms with E-state index < -0.39 is 26.9 Å². The molecule has 0 unspecified atom stereocenters. The molecule has 0 heterocycles. The fourth-order valence-electron chi connectivity index (χ4n) is 1.50. The lowest BCUT2D eigenvalue weighted by atomic mass is 9.86. The summed E-state index contributed by atoms with van der Waals surface area (Å²) in [7, 11) is -6.48. The largest absolute Gasteiger partial charge is 0.743 e. The lowest BCUT2D eigenvalue weighted by Crippen LogP contribution is -2.44. The van der Waals surface area contributed by atoms with Gasteiger partial charge in [0.15, 0.2) is 10.1 Å². The molecule has 1 aromatic carbocycles. The average Bonchev–Trinajstić information content (AvgIpc) is 2.26. The maximum absolute atomic E-state index is 13.5. The minimum Gasteiger partial charge on any atom is -0.743 e. The van der Waals surface area contributed by atoms with E-state index in [-0.39, 0.29) is 5.41 Å². The van der Waals surface area contributed by atoms with E-state index in [2.05, 4.69) is 0 Å². The van der Waals surface area contributed by atoms with Gasteiger partial charge in [-0.15, -0.1) is 0 Å². The van der Waals surface area contributed by atoms with Gasteiger partial charge in [0, 0.05) is 5.56 Å². The van der Waals surface area contributed by atoms with Gasteiger partial charge in [0.1, 0.15) is 0 Å². The third-order valence-corrected chi connectivity index (χ3v) is 3.68. The molecule has 3 nitrogen and oxygen atoms in total. The van der Waals surface area contributed by atoms with Crippen LogP contribution in [0.15, 0.2) is 24.3 Å². The molecule has 0 aromatic heterocycles. The zero-order valence-electron chi connectivity index (χ0n) is 11.0. The SMILES string of the molecule is CC(C)(C)c1ccc(C(F)(F)C(F)(F)S(=O)(=O)[O-])cc1. The lowest BCUT2D eigenvalue weighted by Gasteiger charge is -2.29. The number of benzene rings is 1. The van der Waals surface area contributed by atoms with Crippen molar-refractivity contribution in [2.24, 2.45) is 0 Å². The quantitative estimate of drug-likeness (QED) is 0.636. The molecule has 0 aliphatic heterocycles. The Bertz CT molecular complexity index is 586. The molecule has 0 spiro atoms. The zero-order chi connectivity index (χ0) is 16.0. The Morgan fingerprint density at radius 1 is 0.900 bits per heavy atom. The highest BCUT2D eigenvalue weighted by Gasteiger charge is 2.62. The van der Waals surface area contributed by atoms with Crippen molar-refractivity contribution < 1.29 is 30.5 Å². The monoisotopic (exact) mass is 313 g/mol. The molecule has 114 valence electrons. The Balaban J connectivity index is 3.31. The van der Waals surface area contributed by atoms with Crippen molar-refractivity contribution in [3.8, 4) is 0 Å². The summed E-state index contributed by atoms with van der Waals surface area (Å²) < 4.78 is 84.2. The van der Waals surface area contributed by atoms with Crippen LogP contribution in [0.3, 0.4) is 0 Å². The molecular formula is C12H13F4O3S-. The van der Waals surface area contributed by atoms with Crippen LogP contribution in [0.4, 0.5) is 17.6 Å². The van der Waals surface area contributed by atoms with Gasteiger partial charge in [-0.25, -0.2) is 8.42 Å². The minimum absolute atomic E-state index is 0.388. The van der Waals surface area contributed by atoms with Crippen LogP contribution in [0.25, 0.3) is 0 Å². The van der Waals surface area contributed by atoms with E-state index in [1.807, 2.05) is 0 Å². The summed E-state index contributed by atoms with van der Waals surface area (Å²) in [5.41, 5.74) is -1.01. The maximum Gasteiger partial charge on any atom is 0.400 e. The van der Waals surface area contributed by atoms with Crippen LogP contribution < -0.4 is 0 Å². The fraction of sp³-hybridized carbons (Fsp3) is 0.500. The van der Waals surface area contributed by atoms with Crippen molar-refractivity contribution in [1.29, 1.82) is 0 Å². The number of alkyl halides is 4. The Hall–Kier alpha value is -1.15. The molecule has 1 aromatic rings.